The average molecular weight is 490 g/mol. The van der Waals surface area contributed by atoms with Crippen LogP contribution in [0.2, 0.25) is 0 Å². The SMILES string of the molecule is COc1ccc(CCNC(=O)CCc2nc3ccccc3n(Cc3ccccc3F)c2=O)cc1OC. The first-order chi connectivity index (χ1) is 17.5. The topological polar surface area (TPSA) is 82.5 Å². The van der Waals surface area contributed by atoms with E-state index in [9.17, 15) is 14.0 Å². The van der Waals surface area contributed by atoms with E-state index in [-0.39, 0.29) is 42.4 Å². The maximum atomic E-state index is 14.3. The molecule has 0 spiro atoms. The van der Waals surface area contributed by atoms with Gasteiger partial charge in [-0.3, -0.25) is 9.59 Å². The highest BCUT2D eigenvalue weighted by Crippen LogP contribution is 2.27. The quantitative estimate of drug-likeness (QED) is 0.366. The Morgan fingerprint density at radius 1 is 0.972 bits per heavy atom. The summed E-state index contributed by atoms with van der Waals surface area (Å²) in [5.74, 6) is 0.732. The number of methoxy groups -OCH3 is 2. The molecule has 1 heterocycles. The third-order valence-electron chi connectivity index (χ3n) is 5.98. The van der Waals surface area contributed by atoms with Gasteiger partial charge in [-0.1, -0.05) is 36.4 Å². The van der Waals surface area contributed by atoms with Crippen LogP contribution in [0.25, 0.3) is 11.0 Å². The van der Waals surface area contributed by atoms with Crippen molar-refractivity contribution in [1.29, 1.82) is 0 Å². The molecular weight excluding hydrogens is 461 g/mol. The van der Waals surface area contributed by atoms with Crippen molar-refractivity contribution >= 4 is 16.9 Å². The second-order valence-electron chi connectivity index (χ2n) is 8.32. The van der Waals surface area contributed by atoms with Crippen molar-refractivity contribution in [2.24, 2.45) is 0 Å². The fourth-order valence-corrected chi connectivity index (χ4v) is 4.06. The molecule has 8 heteroatoms. The zero-order valence-corrected chi connectivity index (χ0v) is 20.3. The van der Waals surface area contributed by atoms with Gasteiger partial charge in [0.2, 0.25) is 5.91 Å². The number of carbonyl (C=O) groups excluding carboxylic acids is 1. The smallest absolute Gasteiger partial charge is 0.273 e. The zero-order chi connectivity index (χ0) is 25.5. The van der Waals surface area contributed by atoms with Crippen LogP contribution in [0.4, 0.5) is 4.39 Å². The third kappa shape index (κ3) is 5.71. The number of rotatable bonds is 10. The molecule has 36 heavy (non-hydrogen) atoms. The summed E-state index contributed by atoms with van der Waals surface area (Å²) in [7, 11) is 3.16. The molecule has 1 aromatic heterocycles. The van der Waals surface area contributed by atoms with E-state index >= 15 is 0 Å². The van der Waals surface area contributed by atoms with Crippen LogP contribution in [-0.4, -0.2) is 36.2 Å². The number of halogens is 1. The summed E-state index contributed by atoms with van der Waals surface area (Å²) >= 11 is 0. The summed E-state index contributed by atoms with van der Waals surface area (Å²) in [5, 5.41) is 2.89. The largest absolute Gasteiger partial charge is 0.493 e. The van der Waals surface area contributed by atoms with Gasteiger partial charge < -0.3 is 19.4 Å². The van der Waals surface area contributed by atoms with E-state index < -0.39 is 0 Å². The van der Waals surface area contributed by atoms with Gasteiger partial charge >= 0.3 is 0 Å². The van der Waals surface area contributed by atoms with E-state index in [1.54, 1.807) is 44.6 Å². The molecule has 0 aliphatic carbocycles. The predicted octanol–water partition coefficient (Wildman–Crippen LogP) is 3.89. The van der Waals surface area contributed by atoms with Gasteiger partial charge in [0, 0.05) is 24.9 Å². The lowest BCUT2D eigenvalue weighted by molar-refractivity contribution is -0.121. The fourth-order valence-electron chi connectivity index (χ4n) is 4.06. The second kappa shape index (κ2) is 11.5. The van der Waals surface area contributed by atoms with Gasteiger partial charge in [-0.05, 0) is 42.3 Å². The minimum absolute atomic E-state index is 0.0824. The lowest BCUT2D eigenvalue weighted by Gasteiger charge is -2.13. The Hall–Kier alpha value is -4.20. The minimum atomic E-state index is -0.374. The van der Waals surface area contributed by atoms with Crippen molar-refractivity contribution in [2.45, 2.75) is 25.8 Å². The Labute approximate surface area is 208 Å². The second-order valence-corrected chi connectivity index (χ2v) is 8.32. The summed E-state index contributed by atoms with van der Waals surface area (Å²) in [5.41, 5.74) is 2.61. The number of hydrogen-bond acceptors (Lipinski definition) is 5. The Balaban J connectivity index is 1.43. The number of nitrogens with zero attached hydrogens (tertiary/aromatic N) is 2. The molecule has 1 N–H and O–H groups in total. The molecule has 0 fully saturated rings. The molecular formula is C28H28FN3O4. The highest BCUT2D eigenvalue weighted by atomic mass is 19.1. The van der Waals surface area contributed by atoms with Crippen LogP contribution < -0.4 is 20.3 Å². The molecule has 0 aliphatic heterocycles. The minimum Gasteiger partial charge on any atom is -0.493 e. The fraction of sp³-hybridized carbons (Fsp3) is 0.250. The van der Waals surface area contributed by atoms with E-state index in [4.69, 9.17) is 9.47 Å². The van der Waals surface area contributed by atoms with E-state index in [1.165, 1.54) is 10.6 Å². The Morgan fingerprint density at radius 3 is 2.50 bits per heavy atom. The number of para-hydroxylation sites is 2. The molecule has 0 aliphatic rings. The van der Waals surface area contributed by atoms with Gasteiger partial charge in [0.1, 0.15) is 11.5 Å². The van der Waals surface area contributed by atoms with E-state index in [2.05, 4.69) is 10.3 Å². The van der Waals surface area contributed by atoms with Crippen molar-refractivity contribution in [2.75, 3.05) is 20.8 Å². The standard InChI is InChI=1S/C28H28FN3O4/c1-35-25-13-11-19(17-26(25)36-2)15-16-30-27(33)14-12-23-28(34)32(18-20-7-3-4-8-21(20)29)24-10-6-5-9-22(24)31-23/h3-11,13,17H,12,14-16,18H2,1-2H3,(H,30,33). The number of hydrogen-bond donors (Lipinski definition) is 1. The Bertz CT molecular complexity index is 1430. The lowest BCUT2D eigenvalue weighted by atomic mass is 10.1. The first-order valence-corrected chi connectivity index (χ1v) is 11.7. The third-order valence-corrected chi connectivity index (χ3v) is 5.98. The summed E-state index contributed by atoms with van der Waals surface area (Å²) in [6.07, 6.45) is 0.922. The van der Waals surface area contributed by atoms with Gasteiger partial charge in [0.05, 0.1) is 31.8 Å². The number of aryl methyl sites for hydroxylation is 1. The van der Waals surface area contributed by atoms with Crippen LogP contribution in [0, 0.1) is 5.82 Å². The number of amides is 1. The van der Waals surface area contributed by atoms with Crippen molar-refractivity contribution in [3.63, 3.8) is 0 Å². The number of aromatic nitrogens is 2. The monoisotopic (exact) mass is 489 g/mol. The van der Waals surface area contributed by atoms with E-state index in [0.717, 1.165) is 5.56 Å². The normalized spacial score (nSPS) is 10.9. The molecule has 0 unspecified atom stereocenters. The Morgan fingerprint density at radius 2 is 1.72 bits per heavy atom. The van der Waals surface area contributed by atoms with Gasteiger partial charge in [-0.25, -0.2) is 9.37 Å². The van der Waals surface area contributed by atoms with Crippen LogP contribution in [0.1, 0.15) is 23.2 Å². The van der Waals surface area contributed by atoms with Crippen molar-refractivity contribution in [3.05, 3.63) is 99.7 Å². The highest BCUT2D eigenvalue weighted by Gasteiger charge is 2.14. The number of nitrogens with one attached hydrogen (secondary N) is 1. The highest BCUT2D eigenvalue weighted by molar-refractivity contribution is 5.77. The summed E-state index contributed by atoms with van der Waals surface area (Å²) in [4.78, 5) is 30.2. The predicted molar refractivity (Wildman–Crippen MR) is 136 cm³/mol. The molecule has 4 aromatic rings. The van der Waals surface area contributed by atoms with Crippen LogP contribution in [0.5, 0.6) is 11.5 Å². The first kappa shape index (κ1) is 24.9. The summed E-state index contributed by atoms with van der Waals surface area (Å²) in [6.45, 7) is 0.524. The molecule has 0 saturated heterocycles. The number of benzene rings is 3. The molecule has 0 bridgehead atoms. The number of ether oxygens (including phenoxy) is 2. The number of carbonyl (C=O) groups is 1. The molecule has 4 rings (SSSR count). The first-order valence-electron chi connectivity index (χ1n) is 11.7. The van der Waals surface area contributed by atoms with Crippen molar-refractivity contribution < 1.29 is 18.7 Å². The maximum absolute atomic E-state index is 14.3. The number of fused-ring (bicyclic) bond motifs is 1. The molecule has 186 valence electrons. The van der Waals surface area contributed by atoms with Crippen LogP contribution in [-0.2, 0) is 24.2 Å². The van der Waals surface area contributed by atoms with Gasteiger partial charge in [0.15, 0.2) is 11.5 Å². The maximum Gasteiger partial charge on any atom is 0.273 e. The zero-order valence-electron chi connectivity index (χ0n) is 20.3. The molecule has 3 aromatic carbocycles. The molecule has 0 radical (unpaired) electrons. The van der Waals surface area contributed by atoms with Crippen LogP contribution in [0.3, 0.4) is 0 Å². The van der Waals surface area contributed by atoms with Crippen molar-refractivity contribution in [3.8, 4) is 11.5 Å². The average Bonchev–Trinajstić information content (AvgIpc) is 2.90. The summed E-state index contributed by atoms with van der Waals surface area (Å²) < 4.78 is 26.4. The van der Waals surface area contributed by atoms with E-state index in [0.29, 0.717) is 41.1 Å². The molecule has 0 atom stereocenters. The van der Waals surface area contributed by atoms with Crippen LogP contribution in [0.15, 0.2) is 71.5 Å². The van der Waals surface area contributed by atoms with E-state index in [1.807, 2.05) is 30.3 Å². The van der Waals surface area contributed by atoms with Gasteiger partial charge in [-0.15, -0.1) is 0 Å². The van der Waals surface area contributed by atoms with Crippen LogP contribution >= 0.6 is 0 Å². The lowest BCUT2D eigenvalue weighted by Crippen LogP contribution is -2.29. The van der Waals surface area contributed by atoms with Gasteiger partial charge in [0.25, 0.3) is 5.56 Å². The molecule has 1 amide bonds. The van der Waals surface area contributed by atoms with Crippen molar-refractivity contribution in [1.82, 2.24) is 14.9 Å². The molecule has 0 saturated carbocycles. The Kier molecular flexibility index (Phi) is 7.95. The van der Waals surface area contributed by atoms with Gasteiger partial charge in [-0.2, -0.15) is 0 Å². The summed E-state index contributed by atoms with van der Waals surface area (Å²) in [6, 6.07) is 19.2. The molecule has 7 nitrogen and oxygen atoms in total.